The molecule has 0 aliphatic carbocycles. The van der Waals surface area contributed by atoms with Crippen molar-refractivity contribution < 1.29 is 19.4 Å². The number of hydrogen-bond donors (Lipinski definition) is 1. The molecule has 4 rings (SSSR count). The lowest BCUT2D eigenvalue weighted by molar-refractivity contribution is 0.0103. The summed E-state index contributed by atoms with van der Waals surface area (Å²) in [4.78, 5) is 18.4. The molecule has 1 aromatic heterocycles. The Morgan fingerprint density at radius 1 is 1.48 bits per heavy atom. The summed E-state index contributed by atoms with van der Waals surface area (Å²) in [5.41, 5.74) is 0.903. The van der Waals surface area contributed by atoms with Gasteiger partial charge in [0.05, 0.1) is 42.6 Å². The monoisotopic (exact) mass is 306 g/mol. The van der Waals surface area contributed by atoms with Gasteiger partial charge in [-0.2, -0.15) is 0 Å². The summed E-state index contributed by atoms with van der Waals surface area (Å²) in [7, 11) is 1.48. The van der Waals surface area contributed by atoms with Gasteiger partial charge in [0.15, 0.2) is 5.13 Å². The number of carbonyl (C=O) groups is 1. The maximum Gasteiger partial charge on any atom is 0.341 e. The predicted molar refractivity (Wildman–Crippen MR) is 78.6 cm³/mol. The molecule has 2 bridgehead atoms. The quantitative estimate of drug-likeness (QED) is 0.935. The average Bonchev–Trinajstić information content (AvgIpc) is 2.89. The Balaban J connectivity index is 1.83. The molecule has 2 aromatic rings. The smallest absolute Gasteiger partial charge is 0.341 e. The van der Waals surface area contributed by atoms with E-state index in [9.17, 15) is 9.90 Å². The second-order valence-corrected chi connectivity index (χ2v) is 6.26. The third kappa shape index (κ3) is 1.81. The van der Waals surface area contributed by atoms with Crippen molar-refractivity contribution in [3.05, 3.63) is 17.7 Å². The number of methoxy groups -OCH3 is 1. The Hall–Kier alpha value is -1.86. The number of thiazole rings is 1. The first-order valence-corrected chi connectivity index (χ1v) is 7.57. The molecule has 0 saturated carbocycles. The second-order valence-electron chi connectivity index (χ2n) is 5.28. The fraction of sp³-hybridized carbons (Fsp3) is 0.429. The molecule has 6 nitrogen and oxygen atoms in total. The first-order chi connectivity index (χ1) is 10.2. The van der Waals surface area contributed by atoms with Gasteiger partial charge in [0.25, 0.3) is 0 Å². The number of aromatic carboxylic acids is 1. The molecule has 110 valence electrons. The summed E-state index contributed by atoms with van der Waals surface area (Å²) in [5.74, 6) is -0.614. The van der Waals surface area contributed by atoms with E-state index >= 15 is 0 Å². The van der Waals surface area contributed by atoms with E-state index in [4.69, 9.17) is 9.47 Å². The number of nitrogens with zero attached hydrogens (tertiary/aromatic N) is 2. The number of carboxylic acids is 1. The number of benzene rings is 1. The zero-order valence-corrected chi connectivity index (χ0v) is 12.2. The minimum absolute atomic E-state index is 0.195. The summed E-state index contributed by atoms with van der Waals surface area (Å²) in [5, 5.41) is 10.3. The molecule has 2 aliphatic heterocycles. The van der Waals surface area contributed by atoms with Crippen LogP contribution >= 0.6 is 11.3 Å². The van der Waals surface area contributed by atoms with Crippen molar-refractivity contribution in [3.8, 4) is 5.75 Å². The molecule has 21 heavy (non-hydrogen) atoms. The SMILES string of the molecule is COc1ccc2nc(N3C4COCC3C4)sc2c1C(=O)O. The van der Waals surface area contributed by atoms with Crippen LogP contribution in [-0.4, -0.2) is 48.5 Å². The van der Waals surface area contributed by atoms with E-state index in [-0.39, 0.29) is 5.56 Å². The highest BCUT2D eigenvalue weighted by Gasteiger charge is 2.44. The molecule has 2 aliphatic rings. The number of aromatic nitrogens is 1. The van der Waals surface area contributed by atoms with Crippen molar-refractivity contribution in [2.75, 3.05) is 25.2 Å². The topological polar surface area (TPSA) is 71.9 Å². The first kappa shape index (κ1) is 12.8. The fourth-order valence-corrected chi connectivity index (χ4v) is 4.33. The van der Waals surface area contributed by atoms with E-state index in [0.29, 0.717) is 28.0 Å². The molecule has 2 atom stereocenters. The van der Waals surface area contributed by atoms with Crippen LogP contribution in [0.25, 0.3) is 10.2 Å². The summed E-state index contributed by atoms with van der Waals surface area (Å²) < 4.78 is 11.3. The van der Waals surface area contributed by atoms with Crippen LogP contribution in [0, 0.1) is 0 Å². The molecular formula is C14H14N2O4S. The lowest BCUT2D eigenvalue weighted by Gasteiger charge is -2.52. The van der Waals surface area contributed by atoms with E-state index in [1.165, 1.54) is 18.4 Å². The van der Waals surface area contributed by atoms with Crippen molar-refractivity contribution >= 4 is 32.7 Å². The molecule has 2 fully saturated rings. The van der Waals surface area contributed by atoms with E-state index in [1.54, 1.807) is 6.07 Å². The third-order valence-electron chi connectivity index (χ3n) is 4.11. The number of fused-ring (bicyclic) bond motifs is 3. The molecule has 1 N–H and O–H groups in total. The minimum Gasteiger partial charge on any atom is -0.496 e. The molecule has 0 amide bonds. The van der Waals surface area contributed by atoms with E-state index < -0.39 is 5.97 Å². The van der Waals surface area contributed by atoms with Crippen LogP contribution in [0.4, 0.5) is 5.13 Å². The van der Waals surface area contributed by atoms with Crippen molar-refractivity contribution in [3.63, 3.8) is 0 Å². The Labute approximate surface area is 124 Å². The molecule has 1 aromatic carbocycles. The van der Waals surface area contributed by atoms with Crippen molar-refractivity contribution in [2.24, 2.45) is 0 Å². The van der Waals surface area contributed by atoms with Gasteiger partial charge in [-0.15, -0.1) is 0 Å². The zero-order chi connectivity index (χ0) is 14.6. The maximum atomic E-state index is 11.5. The Morgan fingerprint density at radius 2 is 2.24 bits per heavy atom. The number of hydrogen-bond acceptors (Lipinski definition) is 6. The highest BCUT2D eigenvalue weighted by atomic mass is 32.1. The van der Waals surface area contributed by atoms with Gasteiger partial charge in [0.1, 0.15) is 11.3 Å². The maximum absolute atomic E-state index is 11.5. The van der Waals surface area contributed by atoms with Crippen molar-refractivity contribution in [1.29, 1.82) is 0 Å². The van der Waals surface area contributed by atoms with Gasteiger partial charge < -0.3 is 19.5 Å². The van der Waals surface area contributed by atoms with E-state index in [0.717, 1.165) is 24.8 Å². The molecule has 3 heterocycles. The number of anilines is 1. The van der Waals surface area contributed by atoms with Crippen molar-refractivity contribution in [2.45, 2.75) is 18.5 Å². The molecular weight excluding hydrogens is 292 g/mol. The van der Waals surface area contributed by atoms with Gasteiger partial charge in [-0.05, 0) is 18.6 Å². The summed E-state index contributed by atoms with van der Waals surface area (Å²) in [6, 6.07) is 4.22. The fourth-order valence-electron chi connectivity index (χ4n) is 3.10. The van der Waals surface area contributed by atoms with Gasteiger partial charge in [-0.1, -0.05) is 11.3 Å². The lowest BCUT2D eigenvalue weighted by atomic mass is 9.92. The molecule has 7 heteroatoms. The van der Waals surface area contributed by atoms with Crippen LogP contribution in [0.2, 0.25) is 0 Å². The van der Waals surface area contributed by atoms with E-state index in [2.05, 4.69) is 9.88 Å². The van der Waals surface area contributed by atoms with Crippen LogP contribution in [-0.2, 0) is 4.74 Å². The zero-order valence-electron chi connectivity index (χ0n) is 11.4. The highest BCUT2D eigenvalue weighted by Crippen LogP contribution is 2.42. The van der Waals surface area contributed by atoms with Gasteiger partial charge in [-0.25, -0.2) is 9.78 Å². The molecule has 0 radical (unpaired) electrons. The Morgan fingerprint density at radius 3 is 2.86 bits per heavy atom. The molecule has 2 unspecified atom stereocenters. The first-order valence-electron chi connectivity index (χ1n) is 6.76. The standard InChI is InChI=1S/C14H14N2O4S/c1-19-10-3-2-9-12(11(10)13(17)18)21-14(15-9)16-7-4-8(16)6-20-5-7/h2-3,7-8H,4-6H2,1H3,(H,17,18). The minimum atomic E-state index is -0.986. The normalized spacial score (nSPS) is 24.0. The summed E-state index contributed by atoms with van der Waals surface area (Å²) >= 11 is 1.42. The number of ether oxygens (including phenoxy) is 2. The largest absolute Gasteiger partial charge is 0.496 e. The summed E-state index contributed by atoms with van der Waals surface area (Å²) in [6.07, 6.45) is 1.13. The Bertz CT molecular complexity index is 715. The predicted octanol–water partition coefficient (Wildman–Crippen LogP) is 1.98. The number of rotatable bonds is 3. The summed E-state index contributed by atoms with van der Waals surface area (Å²) in [6.45, 7) is 1.45. The highest BCUT2D eigenvalue weighted by molar-refractivity contribution is 7.22. The van der Waals surface area contributed by atoms with Crippen LogP contribution in [0.5, 0.6) is 5.75 Å². The van der Waals surface area contributed by atoms with Crippen LogP contribution in [0.3, 0.4) is 0 Å². The van der Waals surface area contributed by atoms with E-state index in [1.807, 2.05) is 6.07 Å². The number of carboxylic acid groups (broad SMARTS) is 1. The molecule has 2 saturated heterocycles. The van der Waals surface area contributed by atoms with Gasteiger partial charge in [0, 0.05) is 0 Å². The van der Waals surface area contributed by atoms with Crippen LogP contribution in [0.1, 0.15) is 16.8 Å². The Kier molecular flexibility index (Phi) is 2.80. The van der Waals surface area contributed by atoms with Crippen molar-refractivity contribution in [1.82, 2.24) is 4.98 Å². The van der Waals surface area contributed by atoms with Crippen LogP contribution < -0.4 is 9.64 Å². The lowest BCUT2D eigenvalue weighted by Crippen LogP contribution is -2.64. The second kappa shape index (κ2) is 4.57. The molecule has 0 spiro atoms. The van der Waals surface area contributed by atoms with Gasteiger partial charge in [-0.3, -0.25) is 0 Å². The van der Waals surface area contributed by atoms with Gasteiger partial charge >= 0.3 is 5.97 Å². The van der Waals surface area contributed by atoms with Crippen LogP contribution in [0.15, 0.2) is 12.1 Å². The number of morpholine rings is 1. The average molecular weight is 306 g/mol. The third-order valence-corrected chi connectivity index (χ3v) is 5.22. The van der Waals surface area contributed by atoms with Gasteiger partial charge in [0.2, 0.25) is 0 Å².